The third-order valence-electron chi connectivity index (χ3n) is 8.89. The van der Waals surface area contributed by atoms with Crippen LogP contribution >= 0.6 is 0 Å². The zero-order valence-electron chi connectivity index (χ0n) is 26.8. The average molecular weight is 692 g/mol. The third kappa shape index (κ3) is 4.50. The van der Waals surface area contributed by atoms with Gasteiger partial charge in [-0.3, -0.25) is 0 Å². The smallest absolute Gasteiger partial charge is 0.388 e. The molecule has 1 radical (unpaired) electrons. The van der Waals surface area contributed by atoms with Gasteiger partial charge in [-0.2, -0.15) is 0 Å². The van der Waals surface area contributed by atoms with Crippen molar-refractivity contribution >= 4 is 66.9 Å². The Morgan fingerprint density at radius 1 is 0.408 bits per heavy atom. The topological polar surface area (TPSA) is 154 Å². The Morgan fingerprint density at radius 2 is 0.776 bits per heavy atom. The summed E-state index contributed by atoms with van der Waals surface area (Å²) < 4.78 is 0. The number of nitrogens with zero attached hydrogens (tertiary/aromatic N) is 8. The van der Waals surface area contributed by atoms with E-state index in [0.29, 0.717) is 45.9 Å². The van der Waals surface area contributed by atoms with Crippen molar-refractivity contribution in [3.63, 3.8) is 0 Å². The van der Waals surface area contributed by atoms with Crippen molar-refractivity contribution < 1.29 is 17.1 Å². The van der Waals surface area contributed by atoms with Crippen LogP contribution < -0.4 is 31.2 Å². The second kappa shape index (κ2) is 11.6. The van der Waals surface area contributed by atoms with Gasteiger partial charge in [-0.15, -0.1) is 0 Å². The monoisotopic (exact) mass is 691 g/mol. The summed E-state index contributed by atoms with van der Waals surface area (Å²) in [4.78, 5) is 40.5. The van der Waals surface area contributed by atoms with E-state index in [1.807, 2.05) is 101 Å². The van der Waals surface area contributed by atoms with Crippen molar-refractivity contribution in [3.05, 3.63) is 72.8 Å². The third-order valence-corrected chi connectivity index (χ3v) is 8.89. The van der Waals surface area contributed by atoms with E-state index in [0.717, 1.165) is 66.5 Å². The number of nitrogens with one attached hydrogen (secondary N) is 4. The summed E-state index contributed by atoms with van der Waals surface area (Å²) in [6, 6.07) is 23.9. The molecule has 243 valence electrons. The van der Waals surface area contributed by atoms with Gasteiger partial charge in [0.15, 0.2) is 0 Å². The molecular weight excluding hydrogens is 664 g/mol. The first-order valence-electron chi connectivity index (χ1n) is 15.6. The number of benzene rings is 4. The van der Waals surface area contributed by atoms with Crippen LogP contribution in [0, 0.1) is 0 Å². The molecule has 3 aromatic heterocycles. The second-order valence-corrected chi connectivity index (χ2v) is 11.4. The number of anilines is 4. The Bertz CT molecular complexity index is 2460. The molecule has 49 heavy (non-hydrogen) atoms. The van der Waals surface area contributed by atoms with Crippen LogP contribution in [0.3, 0.4) is 0 Å². The second-order valence-electron chi connectivity index (χ2n) is 11.4. The van der Waals surface area contributed by atoms with Gasteiger partial charge in [0.2, 0.25) is 0 Å². The van der Waals surface area contributed by atoms with Crippen molar-refractivity contribution in [1.82, 2.24) is 39.9 Å². The maximum absolute atomic E-state index is 5.10. The Hall–Kier alpha value is -6.04. The van der Waals surface area contributed by atoms with Crippen LogP contribution in [0.25, 0.3) is 89.7 Å². The van der Waals surface area contributed by atoms with Crippen molar-refractivity contribution in [2.24, 2.45) is 0 Å². The predicted octanol–water partition coefficient (Wildman–Crippen LogP) is 6.29. The molecule has 7 aromatic rings. The van der Waals surface area contributed by atoms with Crippen molar-refractivity contribution in [3.8, 4) is 45.6 Å². The van der Waals surface area contributed by atoms with E-state index in [9.17, 15) is 0 Å². The van der Waals surface area contributed by atoms with E-state index in [-0.39, 0.29) is 17.1 Å². The summed E-state index contributed by atoms with van der Waals surface area (Å²) in [5.41, 5.74) is 8.84. The molecule has 0 spiro atoms. The zero-order chi connectivity index (χ0) is 32.5. The molecule has 0 amide bonds. The molecule has 0 unspecified atom stereocenters. The van der Waals surface area contributed by atoms with Gasteiger partial charge in [0.05, 0.1) is 23.3 Å². The van der Waals surface area contributed by atoms with E-state index in [1.54, 1.807) is 0 Å². The summed E-state index contributed by atoms with van der Waals surface area (Å²) in [6.45, 7) is 0. The number of rotatable bonds is 4. The van der Waals surface area contributed by atoms with Gasteiger partial charge in [-0.25, -0.2) is 9.97 Å². The van der Waals surface area contributed by atoms with Gasteiger partial charge < -0.3 is 51.2 Å². The van der Waals surface area contributed by atoms with Gasteiger partial charge in [-0.05, 0) is 35.0 Å². The van der Waals surface area contributed by atoms with Crippen LogP contribution in [0.1, 0.15) is 0 Å². The van der Waals surface area contributed by atoms with E-state index in [1.165, 1.54) is 0 Å². The van der Waals surface area contributed by atoms with E-state index < -0.39 is 0 Å². The minimum Gasteiger partial charge on any atom is -0.388 e. The fourth-order valence-corrected chi connectivity index (χ4v) is 6.68. The molecule has 2 aliphatic heterocycles. The average Bonchev–Trinajstić information content (AvgIpc) is 3.86. The molecule has 8 bridgehead atoms. The standard InChI is InChI=1S/C36H28N12.Cu/c1-37-21-13-5-9-17-25(21)33-41-29(17)46-34-27-19(11-7-15-23(27)39-3)31(43-34)48-36-28-20(12-8-16-24(28)40-4)32(44-36)47-35-26-18(30(42-35)45-33)10-6-14-22(26)38-2;/h5-16,37-40H,1-4H3;/q-2;+2. The molecule has 13 heteroatoms. The normalized spacial score (nSPS) is 11.5. The van der Waals surface area contributed by atoms with Crippen LogP contribution in [-0.2, 0) is 17.1 Å². The molecule has 0 fully saturated rings. The quantitative estimate of drug-likeness (QED) is 0.153. The van der Waals surface area contributed by atoms with E-state index in [2.05, 4.69) is 21.3 Å². The van der Waals surface area contributed by atoms with Crippen molar-refractivity contribution in [2.45, 2.75) is 0 Å². The van der Waals surface area contributed by atoms with Crippen molar-refractivity contribution in [1.29, 1.82) is 0 Å². The molecule has 5 heterocycles. The summed E-state index contributed by atoms with van der Waals surface area (Å²) >= 11 is 0. The molecule has 4 N–H and O–H groups in total. The van der Waals surface area contributed by atoms with Gasteiger partial charge in [0.1, 0.15) is 0 Å². The minimum atomic E-state index is 0. The maximum atomic E-state index is 5.10. The number of fused-ring (bicyclic) bond motifs is 20. The first kappa shape index (κ1) is 30.3. The molecule has 2 aliphatic rings. The molecular formula is C36H28CuN12. The Kier molecular flexibility index (Phi) is 7.16. The van der Waals surface area contributed by atoms with E-state index >= 15 is 0 Å². The Labute approximate surface area is 290 Å². The Morgan fingerprint density at radius 3 is 1.18 bits per heavy atom. The molecule has 12 nitrogen and oxygen atoms in total. The van der Waals surface area contributed by atoms with Gasteiger partial charge in [0, 0.05) is 107 Å². The fourth-order valence-electron chi connectivity index (χ4n) is 6.68. The number of hydrogen-bond donors (Lipinski definition) is 4. The van der Waals surface area contributed by atoms with Crippen molar-refractivity contribution in [2.75, 3.05) is 49.5 Å². The first-order valence-corrected chi connectivity index (χ1v) is 15.6. The Balaban J connectivity index is 0.00000348. The minimum absolute atomic E-state index is 0. The SMILES string of the molecule is CNc1cccc2c1-c1nc-2nc2[n-]c(nc3nc(nc4[n-]c(n1)c1cccc(NC)c41)-c1cccc(NC)c1-3)c1cccc(NC)c21.[Cu+2]. The van der Waals surface area contributed by atoms with Crippen LogP contribution in [-0.4, -0.2) is 58.1 Å². The molecule has 9 rings (SSSR count). The molecule has 0 saturated carbocycles. The molecule has 0 aliphatic carbocycles. The summed E-state index contributed by atoms with van der Waals surface area (Å²) in [5.74, 6) is 1.99. The largest absolute Gasteiger partial charge is 2.00 e. The summed E-state index contributed by atoms with van der Waals surface area (Å²) in [7, 11) is 7.53. The molecule has 0 saturated heterocycles. The van der Waals surface area contributed by atoms with Crippen LogP contribution in [0.2, 0.25) is 0 Å². The van der Waals surface area contributed by atoms with Gasteiger partial charge in [0.25, 0.3) is 0 Å². The fraction of sp³-hybridized carbons (Fsp3) is 0.111. The maximum Gasteiger partial charge on any atom is 2.00 e. The number of aromatic nitrogens is 8. The molecule has 0 atom stereocenters. The van der Waals surface area contributed by atoms with Crippen LogP contribution in [0.15, 0.2) is 72.8 Å². The predicted molar refractivity (Wildman–Crippen MR) is 192 cm³/mol. The molecule has 4 aromatic carbocycles. The first-order chi connectivity index (χ1) is 23.6. The van der Waals surface area contributed by atoms with Gasteiger partial charge in [-0.1, -0.05) is 48.5 Å². The summed E-state index contributed by atoms with van der Waals surface area (Å²) in [5, 5.41) is 16.6. The van der Waals surface area contributed by atoms with E-state index in [4.69, 9.17) is 39.9 Å². The zero-order valence-corrected chi connectivity index (χ0v) is 27.7. The van der Waals surface area contributed by atoms with Gasteiger partial charge >= 0.3 is 17.1 Å². The van der Waals surface area contributed by atoms with Crippen LogP contribution in [0.5, 0.6) is 0 Å². The number of hydrogen-bond acceptors (Lipinski definition) is 10. The van der Waals surface area contributed by atoms with Crippen LogP contribution in [0.4, 0.5) is 22.7 Å². The summed E-state index contributed by atoms with van der Waals surface area (Å²) in [6.07, 6.45) is 0.